The van der Waals surface area contributed by atoms with Crippen LogP contribution < -0.4 is 11.5 Å². The van der Waals surface area contributed by atoms with Crippen molar-refractivity contribution in [2.45, 2.75) is 6.92 Å². The lowest BCUT2D eigenvalue weighted by Gasteiger charge is -1.99. The summed E-state index contributed by atoms with van der Waals surface area (Å²) in [4.78, 5) is 0. The van der Waals surface area contributed by atoms with Crippen molar-refractivity contribution in [3.05, 3.63) is 59.2 Å². The number of nitrogen functional groups attached to an aromatic ring is 2. The van der Waals surface area contributed by atoms with Gasteiger partial charge in [-0.25, -0.2) is 0 Å². The lowest BCUT2D eigenvalue weighted by Crippen LogP contribution is -1.88. The molecular weight excluding hydrogens is 208 g/mol. The first-order valence-corrected chi connectivity index (χ1v) is 5.39. The summed E-state index contributed by atoms with van der Waals surface area (Å²) in [6.45, 7) is 2.00. The summed E-state index contributed by atoms with van der Waals surface area (Å²) in [5, 5.41) is 0. The molecule has 2 nitrogen and oxygen atoms in total. The number of hydrogen-bond donors (Lipinski definition) is 2. The van der Waals surface area contributed by atoms with E-state index in [0.29, 0.717) is 0 Å². The van der Waals surface area contributed by atoms with E-state index in [1.165, 1.54) is 0 Å². The molecule has 0 amide bonds. The van der Waals surface area contributed by atoms with Gasteiger partial charge in [-0.05, 0) is 55.0 Å². The highest BCUT2D eigenvalue weighted by Crippen LogP contribution is 2.11. The summed E-state index contributed by atoms with van der Waals surface area (Å²) >= 11 is 0. The fraction of sp³-hybridized carbons (Fsp3) is 0.0667. The molecule has 0 atom stereocenters. The standard InChI is InChI=1S/C15H14N2/c1-11-10-15(17)9-6-13(11)5-2-12-3-7-14(16)8-4-12/h3-4,6-10H,16-17H2,1H3. The number of nitrogens with two attached hydrogens (primary N) is 2. The molecular formula is C15H14N2. The fourth-order valence-electron chi connectivity index (χ4n) is 1.53. The van der Waals surface area contributed by atoms with Crippen molar-refractivity contribution >= 4 is 11.4 Å². The van der Waals surface area contributed by atoms with Crippen LogP contribution in [0.25, 0.3) is 0 Å². The SMILES string of the molecule is Cc1cc(N)ccc1C#Cc1ccc(N)cc1. The van der Waals surface area contributed by atoms with Gasteiger partial charge in [0.05, 0.1) is 0 Å². The Kier molecular flexibility index (Phi) is 3.02. The molecule has 4 N–H and O–H groups in total. The third kappa shape index (κ3) is 2.79. The Labute approximate surface area is 101 Å². The summed E-state index contributed by atoms with van der Waals surface area (Å²) in [5.74, 6) is 6.23. The number of rotatable bonds is 0. The molecule has 0 saturated carbocycles. The van der Waals surface area contributed by atoms with Crippen LogP contribution in [0.4, 0.5) is 11.4 Å². The maximum atomic E-state index is 5.69. The maximum Gasteiger partial charge on any atom is 0.0317 e. The zero-order chi connectivity index (χ0) is 12.3. The van der Waals surface area contributed by atoms with E-state index in [9.17, 15) is 0 Å². The second kappa shape index (κ2) is 4.63. The Bertz CT molecular complexity index is 587. The lowest BCUT2D eigenvalue weighted by atomic mass is 10.1. The fourth-order valence-corrected chi connectivity index (χ4v) is 1.53. The number of benzene rings is 2. The molecule has 2 aromatic rings. The molecule has 0 radical (unpaired) electrons. The average molecular weight is 222 g/mol. The van der Waals surface area contributed by atoms with Crippen molar-refractivity contribution in [1.82, 2.24) is 0 Å². The Balaban J connectivity index is 2.29. The highest BCUT2D eigenvalue weighted by atomic mass is 14.5. The predicted molar refractivity (Wildman–Crippen MR) is 72.4 cm³/mol. The molecule has 0 aromatic heterocycles. The van der Waals surface area contributed by atoms with Crippen LogP contribution in [0.5, 0.6) is 0 Å². The van der Waals surface area contributed by atoms with Crippen LogP contribution in [0.2, 0.25) is 0 Å². The first kappa shape index (κ1) is 11.1. The van der Waals surface area contributed by atoms with Gasteiger partial charge in [-0.3, -0.25) is 0 Å². The average Bonchev–Trinajstić information content (AvgIpc) is 2.30. The number of aryl methyl sites for hydroxylation is 1. The normalized spacial score (nSPS) is 9.47. The van der Waals surface area contributed by atoms with Gasteiger partial charge in [-0.15, -0.1) is 0 Å². The minimum Gasteiger partial charge on any atom is -0.399 e. The Morgan fingerprint density at radius 2 is 1.47 bits per heavy atom. The van der Waals surface area contributed by atoms with E-state index in [0.717, 1.165) is 28.1 Å². The molecule has 0 aliphatic rings. The van der Waals surface area contributed by atoms with E-state index in [1.54, 1.807) is 0 Å². The zero-order valence-electron chi connectivity index (χ0n) is 9.70. The minimum absolute atomic E-state index is 0.749. The van der Waals surface area contributed by atoms with Gasteiger partial charge in [-0.1, -0.05) is 11.8 Å². The molecule has 0 aliphatic heterocycles. The summed E-state index contributed by atoms with van der Waals surface area (Å²) in [5.41, 5.74) is 15.9. The molecule has 0 heterocycles. The van der Waals surface area contributed by atoms with Crippen molar-refractivity contribution < 1.29 is 0 Å². The van der Waals surface area contributed by atoms with Crippen LogP contribution in [0.15, 0.2) is 42.5 Å². The van der Waals surface area contributed by atoms with Crippen molar-refractivity contribution in [3.8, 4) is 11.8 Å². The van der Waals surface area contributed by atoms with Crippen LogP contribution >= 0.6 is 0 Å². The van der Waals surface area contributed by atoms with E-state index in [-0.39, 0.29) is 0 Å². The van der Waals surface area contributed by atoms with Gasteiger partial charge in [0.25, 0.3) is 0 Å². The van der Waals surface area contributed by atoms with Gasteiger partial charge in [0, 0.05) is 22.5 Å². The Morgan fingerprint density at radius 1 is 0.824 bits per heavy atom. The highest BCUT2D eigenvalue weighted by Gasteiger charge is 1.94. The molecule has 17 heavy (non-hydrogen) atoms. The van der Waals surface area contributed by atoms with E-state index in [1.807, 2.05) is 49.4 Å². The first-order valence-electron chi connectivity index (χ1n) is 5.39. The smallest absolute Gasteiger partial charge is 0.0317 e. The second-order valence-electron chi connectivity index (χ2n) is 3.95. The summed E-state index contributed by atoms with van der Waals surface area (Å²) < 4.78 is 0. The predicted octanol–water partition coefficient (Wildman–Crippen LogP) is 2.56. The highest BCUT2D eigenvalue weighted by molar-refractivity contribution is 5.53. The lowest BCUT2D eigenvalue weighted by molar-refractivity contribution is 1.44. The topological polar surface area (TPSA) is 52.0 Å². The van der Waals surface area contributed by atoms with Crippen molar-refractivity contribution in [1.29, 1.82) is 0 Å². The maximum absolute atomic E-state index is 5.69. The van der Waals surface area contributed by atoms with Crippen molar-refractivity contribution in [2.24, 2.45) is 0 Å². The molecule has 2 heteroatoms. The second-order valence-corrected chi connectivity index (χ2v) is 3.95. The van der Waals surface area contributed by atoms with E-state index in [4.69, 9.17) is 11.5 Å². The largest absolute Gasteiger partial charge is 0.399 e. The van der Waals surface area contributed by atoms with Gasteiger partial charge in [-0.2, -0.15) is 0 Å². The van der Waals surface area contributed by atoms with E-state index < -0.39 is 0 Å². The van der Waals surface area contributed by atoms with Gasteiger partial charge in [0.15, 0.2) is 0 Å². The summed E-state index contributed by atoms with van der Waals surface area (Å²) in [7, 11) is 0. The summed E-state index contributed by atoms with van der Waals surface area (Å²) in [6.07, 6.45) is 0. The summed E-state index contributed by atoms with van der Waals surface area (Å²) in [6, 6.07) is 13.2. The van der Waals surface area contributed by atoms with Crippen LogP contribution in [0.1, 0.15) is 16.7 Å². The molecule has 0 fully saturated rings. The van der Waals surface area contributed by atoms with Crippen molar-refractivity contribution in [2.75, 3.05) is 11.5 Å². The van der Waals surface area contributed by atoms with E-state index >= 15 is 0 Å². The molecule has 0 bridgehead atoms. The molecule has 0 unspecified atom stereocenters. The molecule has 84 valence electrons. The molecule has 0 saturated heterocycles. The Morgan fingerprint density at radius 3 is 2.12 bits per heavy atom. The number of anilines is 2. The van der Waals surface area contributed by atoms with Gasteiger partial charge < -0.3 is 11.5 Å². The van der Waals surface area contributed by atoms with Crippen LogP contribution in [0, 0.1) is 18.8 Å². The first-order chi connectivity index (χ1) is 8.15. The van der Waals surface area contributed by atoms with Crippen LogP contribution in [-0.2, 0) is 0 Å². The van der Waals surface area contributed by atoms with Gasteiger partial charge in [0.2, 0.25) is 0 Å². The molecule has 2 aromatic carbocycles. The zero-order valence-corrected chi connectivity index (χ0v) is 9.70. The van der Waals surface area contributed by atoms with Gasteiger partial charge >= 0.3 is 0 Å². The van der Waals surface area contributed by atoms with Crippen LogP contribution in [0.3, 0.4) is 0 Å². The third-order valence-electron chi connectivity index (χ3n) is 2.50. The monoisotopic (exact) mass is 222 g/mol. The molecule has 0 spiro atoms. The van der Waals surface area contributed by atoms with E-state index in [2.05, 4.69) is 11.8 Å². The number of hydrogen-bond acceptors (Lipinski definition) is 2. The third-order valence-corrected chi connectivity index (χ3v) is 2.50. The molecule has 2 rings (SSSR count). The quantitative estimate of drug-likeness (QED) is 0.531. The van der Waals surface area contributed by atoms with Gasteiger partial charge in [0.1, 0.15) is 0 Å². The minimum atomic E-state index is 0.749. The molecule has 0 aliphatic carbocycles. The van der Waals surface area contributed by atoms with Crippen molar-refractivity contribution in [3.63, 3.8) is 0 Å². The van der Waals surface area contributed by atoms with Crippen LogP contribution in [-0.4, -0.2) is 0 Å². The Hall–Kier alpha value is -2.40.